The Bertz CT molecular complexity index is 806. The number of halogens is 1. The molecule has 25 heavy (non-hydrogen) atoms. The van der Waals surface area contributed by atoms with Crippen LogP contribution in [0.4, 0.5) is 5.69 Å². The van der Waals surface area contributed by atoms with E-state index in [0.29, 0.717) is 5.56 Å². The molecule has 2 aromatic rings. The third-order valence-electron chi connectivity index (χ3n) is 3.37. The predicted molar refractivity (Wildman–Crippen MR) is 106 cm³/mol. The van der Waals surface area contributed by atoms with Crippen LogP contribution in [0.15, 0.2) is 47.6 Å². The lowest BCUT2D eigenvalue weighted by Gasteiger charge is -2.08. The first-order valence-corrected chi connectivity index (χ1v) is 8.69. The molecule has 2 aromatic carbocycles. The van der Waals surface area contributed by atoms with Gasteiger partial charge in [-0.1, -0.05) is 12.1 Å². The van der Waals surface area contributed by atoms with Crippen molar-refractivity contribution < 1.29 is 14.7 Å². The van der Waals surface area contributed by atoms with Gasteiger partial charge in [0.25, 0.3) is 0 Å². The van der Waals surface area contributed by atoms with Gasteiger partial charge in [-0.2, -0.15) is 5.10 Å². The van der Waals surface area contributed by atoms with E-state index < -0.39 is 0 Å². The molecule has 0 heterocycles. The highest BCUT2D eigenvalue weighted by atomic mass is 127. The molecular formula is C18H18IN3O3. The zero-order valence-corrected chi connectivity index (χ0v) is 15.8. The average Bonchev–Trinajstić information content (AvgIpc) is 2.57. The van der Waals surface area contributed by atoms with Crippen molar-refractivity contribution in [2.75, 3.05) is 5.32 Å². The second-order valence-corrected chi connectivity index (χ2v) is 6.61. The number of benzene rings is 2. The quantitative estimate of drug-likeness (QED) is 0.358. The molecule has 0 aliphatic carbocycles. The smallest absolute Gasteiger partial charge is 0.240 e. The number of nitrogens with one attached hydrogen (secondary N) is 2. The van der Waals surface area contributed by atoms with E-state index in [1.807, 2.05) is 25.1 Å². The fourth-order valence-electron chi connectivity index (χ4n) is 2.03. The van der Waals surface area contributed by atoms with Gasteiger partial charge in [0.2, 0.25) is 11.8 Å². The van der Waals surface area contributed by atoms with Gasteiger partial charge in [0, 0.05) is 27.7 Å². The molecule has 0 atom stereocenters. The van der Waals surface area contributed by atoms with Gasteiger partial charge in [-0.05, 0) is 65.4 Å². The van der Waals surface area contributed by atoms with Crippen LogP contribution in [0.1, 0.15) is 24.0 Å². The second kappa shape index (κ2) is 9.16. The highest BCUT2D eigenvalue weighted by molar-refractivity contribution is 14.1. The SMILES string of the molecule is Cc1cc(I)ccc1NC(=O)CCC(=O)N/N=C/c1ccccc1O. The van der Waals surface area contributed by atoms with Gasteiger partial charge in [-0.3, -0.25) is 9.59 Å². The minimum Gasteiger partial charge on any atom is -0.507 e. The molecule has 6 nitrogen and oxygen atoms in total. The zero-order valence-electron chi connectivity index (χ0n) is 13.6. The van der Waals surface area contributed by atoms with E-state index in [2.05, 4.69) is 38.4 Å². The number of carbonyl (C=O) groups excluding carboxylic acids is 2. The predicted octanol–water partition coefficient (Wildman–Crippen LogP) is 3.17. The number of carbonyl (C=O) groups is 2. The molecule has 0 aliphatic heterocycles. The third kappa shape index (κ3) is 6.18. The lowest BCUT2D eigenvalue weighted by Crippen LogP contribution is -2.20. The van der Waals surface area contributed by atoms with Gasteiger partial charge < -0.3 is 10.4 Å². The molecule has 0 bridgehead atoms. The van der Waals surface area contributed by atoms with Crippen molar-refractivity contribution in [3.8, 4) is 5.75 Å². The van der Waals surface area contributed by atoms with E-state index in [1.54, 1.807) is 18.2 Å². The monoisotopic (exact) mass is 451 g/mol. The van der Waals surface area contributed by atoms with Gasteiger partial charge in [-0.15, -0.1) is 0 Å². The van der Waals surface area contributed by atoms with E-state index in [9.17, 15) is 14.7 Å². The maximum Gasteiger partial charge on any atom is 0.240 e. The summed E-state index contributed by atoms with van der Waals surface area (Å²) in [6.07, 6.45) is 1.43. The normalized spacial score (nSPS) is 10.6. The second-order valence-electron chi connectivity index (χ2n) is 5.36. The standard InChI is InChI=1S/C18H18IN3O3/c1-12-10-14(19)6-7-15(12)21-17(24)8-9-18(25)22-20-11-13-4-2-3-5-16(13)23/h2-7,10-11,23H,8-9H2,1H3,(H,21,24)(H,22,25)/b20-11+. The first kappa shape index (κ1) is 18.9. The average molecular weight is 451 g/mol. The van der Waals surface area contributed by atoms with Crippen LogP contribution in [0.25, 0.3) is 0 Å². The summed E-state index contributed by atoms with van der Waals surface area (Å²) in [5.41, 5.74) is 4.54. The van der Waals surface area contributed by atoms with E-state index in [4.69, 9.17) is 0 Å². The van der Waals surface area contributed by atoms with E-state index in [1.165, 1.54) is 12.3 Å². The van der Waals surface area contributed by atoms with Crippen LogP contribution in [-0.4, -0.2) is 23.1 Å². The van der Waals surface area contributed by atoms with E-state index in [0.717, 1.165) is 14.8 Å². The molecule has 0 fully saturated rings. The number of hydrazone groups is 1. The van der Waals surface area contributed by atoms with Gasteiger partial charge in [0.05, 0.1) is 6.21 Å². The number of hydrogen-bond donors (Lipinski definition) is 3. The maximum atomic E-state index is 11.9. The van der Waals surface area contributed by atoms with Crippen molar-refractivity contribution in [2.24, 2.45) is 5.10 Å². The molecule has 0 saturated carbocycles. The number of phenols is 1. The molecule has 7 heteroatoms. The van der Waals surface area contributed by atoms with Gasteiger partial charge in [-0.25, -0.2) is 5.43 Å². The number of aryl methyl sites for hydroxylation is 1. The zero-order chi connectivity index (χ0) is 18.2. The topological polar surface area (TPSA) is 90.8 Å². The molecule has 0 unspecified atom stereocenters. The van der Waals surface area contributed by atoms with Crippen LogP contribution >= 0.6 is 22.6 Å². The fourth-order valence-corrected chi connectivity index (χ4v) is 2.68. The highest BCUT2D eigenvalue weighted by Crippen LogP contribution is 2.18. The first-order valence-electron chi connectivity index (χ1n) is 7.61. The number of aromatic hydroxyl groups is 1. The minimum atomic E-state index is -0.374. The minimum absolute atomic E-state index is 0.0212. The van der Waals surface area contributed by atoms with Crippen molar-refractivity contribution in [2.45, 2.75) is 19.8 Å². The van der Waals surface area contributed by atoms with Gasteiger partial charge in [0.1, 0.15) is 5.75 Å². The summed E-state index contributed by atoms with van der Waals surface area (Å²) in [4.78, 5) is 23.6. The lowest BCUT2D eigenvalue weighted by atomic mass is 10.2. The number of nitrogens with zero attached hydrogens (tertiary/aromatic N) is 1. The van der Waals surface area contributed by atoms with Gasteiger partial charge in [0.15, 0.2) is 0 Å². The largest absolute Gasteiger partial charge is 0.507 e. The van der Waals surface area contributed by atoms with Crippen molar-refractivity contribution in [3.05, 3.63) is 57.2 Å². The third-order valence-corrected chi connectivity index (χ3v) is 4.04. The molecule has 0 spiro atoms. The van der Waals surface area contributed by atoms with Crippen LogP contribution in [0.2, 0.25) is 0 Å². The van der Waals surface area contributed by atoms with Gasteiger partial charge >= 0.3 is 0 Å². The first-order chi connectivity index (χ1) is 12.0. The molecule has 0 aromatic heterocycles. The molecule has 2 amide bonds. The molecule has 0 saturated heterocycles. The molecule has 0 aliphatic rings. The van der Waals surface area contributed by atoms with Crippen LogP contribution in [-0.2, 0) is 9.59 Å². The Kier molecular flexibility index (Phi) is 6.93. The molecular weight excluding hydrogens is 433 g/mol. The van der Waals surface area contributed by atoms with Crippen LogP contribution in [0.5, 0.6) is 5.75 Å². The summed E-state index contributed by atoms with van der Waals surface area (Å²) in [5.74, 6) is -0.530. The van der Waals surface area contributed by atoms with E-state index >= 15 is 0 Å². The number of para-hydroxylation sites is 1. The Labute approximate surface area is 159 Å². The lowest BCUT2D eigenvalue weighted by molar-refractivity contribution is -0.124. The highest BCUT2D eigenvalue weighted by Gasteiger charge is 2.08. The Morgan fingerprint density at radius 3 is 2.60 bits per heavy atom. The Hall–Kier alpha value is -2.42. The Morgan fingerprint density at radius 2 is 1.88 bits per heavy atom. The Morgan fingerprint density at radius 1 is 1.16 bits per heavy atom. The Balaban J connectivity index is 1.77. The van der Waals surface area contributed by atoms with Crippen LogP contribution < -0.4 is 10.7 Å². The fraction of sp³-hybridized carbons (Fsp3) is 0.167. The summed E-state index contributed by atoms with van der Waals surface area (Å²) >= 11 is 2.21. The molecule has 0 radical (unpaired) electrons. The van der Waals surface area contributed by atoms with Crippen LogP contribution in [0.3, 0.4) is 0 Å². The summed E-state index contributed by atoms with van der Waals surface area (Å²) in [6.45, 7) is 1.91. The number of amides is 2. The molecule has 3 N–H and O–H groups in total. The molecule has 2 rings (SSSR count). The molecule has 130 valence electrons. The van der Waals surface area contributed by atoms with Crippen molar-refractivity contribution in [1.29, 1.82) is 0 Å². The van der Waals surface area contributed by atoms with Crippen molar-refractivity contribution >= 4 is 46.3 Å². The maximum absolute atomic E-state index is 11.9. The van der Waals surface area contributed by atoms with Crippen molar-refractivity contribution in [3.63, 3.8) is 0 Å². The number of anilines is 1. The summed E-state index contributed by atoms with van der Waals surface area (Å²) in [5, 5.41) is 16.1. The summed E-state index contributed by atoms with van der Waals surface area (Å²) in [6, 6.07) is 12.4. The van der Waals surface area contributed by atoms with Crippen molar-refractivity contribution in [1.82, 2.24) is 5.43 Å². The number of hydrogen-bond acceptors (Lipinski definition) is 4. The van der Waals surface area contributed by atoms with E-state index in [-0.39, 0.29) is 30.4 Å². The number of rotatable bonds is 6. The number of phenolic OH excluding ortho intramolecular Hbond substituents is 1. The summed E-state index contributed by atoms with van der Waals surface area (Å²) in [7, 11) is 0. The van der Waals surface area contributed by atoms with Crippen LogP contribution in [0, 0.1) is 10.5 Å². The summed E-state index contributed by atoms with van der Waals surface area (Å²) < 4.78 is 1.09.